The Morgan fingerprint density at radius 2 is 2.11 bits per heavy atom. The quantitative estimate of drug-likeness (QED) is 0.647. The minimum absolute atomic E-state index is 0.0259. The molecule has 1 rings (SSSR count). The summed E-state index contributed by atoms with van der Waals surface area (Å²) in [5, 5.41) is 10.2. The lowest BCUT2D eigenvalue weighted by Crippen LogP contribution is -2.15. The Balaban J connectivity index is 3.31. The second-order valence-electron chi connectivity index (χ2n) is 5.03. The number of carbonyl (C=O) groups excluding carboxylic acids is 1. The van der Waals surface area contributed by atoms with Gasteiger partial charge in [0, 0.05) is 12.0 Å². The van der Waals surface area contributed by atoms with Gasteiger partial charge in [0.1, 0.15) is 13.6 Å². The van der Waals surface area contributed by atoms with Crippen LogP contribution in [0.2, 0.25) is 0 Å². The molecule has 0 spiro atoms. The molecule has 0 aliphatic rings. The van der Waals surface area contributed by atoms with Gasteiger partial charge in [-0.25, -0.2) is 0 Å². The highest BCUT2D eigenvalue weighted by atomic mass is 16.3. The van der Waals surface area contributed by atoms with Gasteiger partial charge in [0.05, 0.1) is 0 Å². The Kier molecular flexibility index (Phi) is 4.77. The molecule has 0 atom stereocenters. The molecule has 2 nitrogen and oxygen atoms in total. The maximum atomic E-state index is 11.7. The van der Waals surface area contributed by atoms with Gasteiger partial charge < -0.3 is 5.11 Å². The maximum Gasteiger partial charge on any atom is 0.159 e. The second kappa shape index (κ2) is 5.90. The minimum Gasteiger partial charge on any atom is -0.508 e. The first kappa shape index (κ1) is 14.6. The zero-order chi connectivity index (χ0) is 13.9. The van der Waals surface area contributed by atoms with E-state index in [9.17, 15) is 9.90 Å². The Labute approximate surface area is 110 Å². The van der Waals surface area contributed by atoms with Crippen LogP contribution in [0.4, 0.5) is 0 Å². The van der Waals surface area contributed by atoms with Crippen LogP contribution in [0.1, 0.15) is 43.4 Å². The predicted octanol–water partition coefficient (Wildman–Crippen LogP) is 1.77. The summed E-state index contributed by atoms with van der Waals surface area (Å²) in [6.07, 6.45) is 3.55. The number of rotatable bonds is 4. The van der Waals surface area contributed by atoms with Crippen molar-refractivity contribution in [2.24, 2.45) is 0 Å². The number of ketones is 1. The summed E-state index contributed by atoms with van der Waals surface area (Å²) in [4.78, 5) is 11.7. The van der Waals surface area contributed by atoms with Gasteiger partial charge in [0.25, 0.3) is 0 Å². The fourth-order valence-electron chi connectivity index (χ4n) is 2.10. The highest BCUT2D eigenvalue weighted by Gasteiger charge is 2.16. The van der Waals surface area contributed by atoms with Crippen molar-refractivity contribution < 1.29 is 9.90 Å². The first-order chi connectivity index (χ1) is 8.38. The molecule has 18 heavy (non-hydrogen) atoms. The van der Waals surface area contributed by atoms with Crippen molar-refractivity contribution in [3.05, 3.63) is 34.9 Å². The van der Waals surface area contributed by atoms with Crippen molar-refractivity contribution in [2.45, 2.75) is 40.0 Å². The average Bonchev–Trinajstić information content (AvgIpc) is 2.29. The molecule has 0 bridgehead atoms. The van der Waals surface area contributed by atoms with Gasteiger partial charge in [0.2, 0.25) is 0 Å². The molecule has 0 saturated carbocycles. The van der Waals surface area contributed by atoms with Gasteiger partial charge >= 0.3 is 0 Å². The SMILES string of the molecule is Bc1c(C)cc(C(C)C)c(CC(=O)/C=C\C)c1O. The van der Waals surface area contributed by atoms with Crippen LogP contribution in [0.25, 0.3) is 0 Å². The molecule has 0 heterocycles. The number of allylic oxidation sites excluding steroid dienone is 2. The largest absolute Gasteiger partial charge is 0.508 e. The van der Waals surface area contributed by atoms with E-state index in [-0.39, 0.29) is 18.0 Å². The minimum atomic E-state index is 0.0259. The van der Waals surface area contributed by atoms with E-state index in [1.165, 1.54) is 0 Å². The third-order valence-corrected chi connectivity index (χ3v) is 3.28. The lowest BCUT2D eigenvalue weighted by atomic mass is 9.82. The third-order valence-electron chi connectivity index (χ3n) is 3.28. The molecule has 3 heteroatoms. The van der Waals surface area contributed by atoms with Crippen molar-refractivity contribution in [1.82, 2.24) is 0 Å². The third kappa shape index (κ3) is 3.03. The first-order valence-corrected chi connectivity index (χ1v) is 6.35. The number of aryl methyl sites for hydroxylation is 1. The molecule has 1 aromatic rings. The number of phenols is 1. The van der Waals surface area contributed by atoms with Gasteiger partial charge in [-0.2, -0.15) is 0 Å². The summed E-state index contributed by atoms with van der Waals surface area (Å²) in [5.74, 6) is 0.595. The van der Waals surface area contributed by atoms with Crippen LogP contribution >= 0.6 is 0 Å². The van der Waals surface area contributed by atoms with Crippen LogP contribution < -0.4 is 5.46 Å². The number of carbonyl (C=O) groups is 1. The molecular formula is C15H21BO2. The van der Waals surface area contributed by atoms with Gasteiger partial charge in [0.15, 0.2) is 5.78 Å². The topological polar surface area (TPSA) is 37.3 Å². The highest BCUT2D eigenvalue weighted by Crippen LogP contribution is 2.27. The molecule has 0 radical (unpaired) electrons. The summed E-state index contributed by atoms with van der Waals surface area (Å²) in [6.45, 7) is 7.96. The standard InChI is InChI=1S/C15H21BO2/c1-5-6-11(17)8-13-12(9(2)3)7-10(4)14(16)15(13)18/h5-7,9,18H,8,16H2,1-4H3/b6-5-. The molecule has 0 aliphatic carbocycles. The van der Waals surface area contributed by atoms with Gasteiger partial charge in [-0.05, 0) is 36.9 Å². The number of benzene rings is 1. The van der Waals surface area contributed by atoms with Crippen LogP contribution in [-0.2, 0) is 11.2 Å². The van der Waals surface area contributed by atoms with Crippen LogP contribution in [-0.4, -0.2) is 18.7 Å². The summed E-state index contributed by atoms with van der Waals surface area (Å²) in [6, 6.07) is 2.08. The number of hydrogen-bond acceptors (Lipinski definition) is 2. The van der Waals surface area contributed by atoms with E-state index in [0.29, 0.717) is 5.92 Å². The second-order valence-corrected chi connectivity index (χ2v) is 5.03. The molecule has 0 aromatic heterocycles. The lowest BCUT2D eigenvalue weighted by molar-refractivity contribution is -0.114. The monoisotopic (exact) mass is 244 g/mol. The van der Waals surface area contributed by atoms with Crippen LogP contribution in [0, 0.1) is 6.92 Å². The van der Waals surface area contributed by atoms with E-state index in [0.717, 1.165) is 22.2 Å². The van der Waals surface area contributed by atoms with Crippen molar-refractivity contribution in [3.63, 3.8) is 0 Å². The number of hydrogen-bond donors (Lipinski definition) is 1. The van der Waals surface area contributed by atoms with Crippen molar-refractivity contribution >= 4 is 19.1 Å². The summed E-state index contributed by atoms with van der Waals surface area (Å²) in [7, 11) is 1.89. The summed E-state index contributed by atoms with van der Waals surface area (Å²) in [5.41, 5.74) is 3.77. The van der Waals surface area contributed by atoms with E-state index in [1.54, 1.807) is 12.2 Å². The molecule has 1 aromatic carbocycles. The van der Waals surface area contributed by atoms with E-state index in [2.05, 4.69) is 19.9 Å². The Bertz CT molecular complexity index is 488. The Hall–Kier alpha value is -1.51. The van der Waals surface area contributed by atoms with E-state index in [1.807, 2.05) is 21.7 Å². The van der Waals surface area contributed by atoms with Gasteiger partial charge in [-0.15, -0.1) is 0 Å². The van der Waals surface area contributed by atoms with Crippen LogP contribution in [0.15, 0.2) is 18.2 Å². The molecule has 0 fully saturated rings. The Morgan fingerprint density at radius 3 is 2.61 bits per heavy atom. The van der Waals surface area contributed by atoms with Crippen molar-refractivity contribution in [2.75, 3.05) is 0 Å². The van der Waals surface area contributed by atoms with Crippen LogP contribution in [0.3, 0.4) is 0 Å². The molecule has 1 N–H and O–H groups in total. The fourth-order valence-corrected chi connectivity index (χ4v) is 2.10. The smallest absolute Gasteiger partial charge is 0.159 e. The van der Waals surface area contributed by atoms with Crippen LogP contribution in [0.5, 0.6) is 5.75 Å². The molecule has 0 amide bonds. The molecular weight excluding hydrogens is 223 g/mol. The zero-order valence-electron chi connectivity index (χ0n) is 11.9. The fraction of sp³-hybridized carbons (Fsp3) is 0.400. The summed E-state index contributed by atoms with van der Waals surface area (Å²) < 4.78 is 0. The first-order valence-electron chi connectivity index (χ1n) is 6.35. The number of aromatic hydroxyl groups is 1. The van der Waals surface area contributed by atoms with Gasteiger partial charge in [-0.3, -0.25) is 4.79 Å². The highest BCUT2D eigenvalue weighted by molar-refractivity contribution is 6.35. The molecule has 0 unspecified atom stereocenters. The number of phenolic OH excluding ortho intramolecular Hbond substituents is 1. The molecule has 0 saturated heterocycles. The lowest BCUT2D eigenvalue weighted by Gasteiger charge is -2.17. The average molecular weight is 244 g/mol. The zero-order valence-corrected chi connectivity index (χ0v) is 11.9. The van der Waals surface area contributed by atoms with E-state index in [4.69, 9.17) is 0 Å². The summed E-state index contributed by atoms with van der Waals surface area (Å²) >= 11 is 0. The molecule has 96 valence electrons. The molecule has 0 aliphatic heterocycles. The van der Waals surface area contributed by atoms with E-state index < -0.39 is 0 Å². The van der Waals surface area contributed by atoms with Gasteiger partial charge in [-0.1, -0.05) is 31.6 Å². The maximum absolute atomic E-state index is 11.7. The van der Waals surface area contributed by atoms with Crippen molar-refractivity contribution in [3.8, 4) is 5.75 Å². The Morgan fingerprint density at radius 1 is 1.50 bits per heavy atom. The predicted molar refractivity (Wildman–Crippen MR) is 78.6 cm³/mol. The normalized spacial score (nSPS) is 11.4. The van der Waals surface area contributed by atoms with E-state index >= 15 is 0 Å². The van der Waals surface area contributed by atoms with Crippen molar-refractivity contribution in [1.29, 1.82) is 0 Å².